The summed E-state index contributed by atoms with van der Waals surface area (Å²) >= 11 is 0. The highest BCUT2D eigenvalue weighted by atomic mass is 15.3. The van der Waals surface area contributed by atoms with Crippen LogP contribution in [0.4, 0.5) is 11.8 Å². The molecule has 0 amide bonds. The van der Waals surface area contributed by atoms with Gasteiger partial charge in [-0.25, -0.2) is 4.98 Å². The van der Waals surface area contributed by atoms with Crippen LogP contribution in [0.3, 0.4) is 0 Å². The zero-order valence-electron chi connectivity index (χ0n) is 11.7. The molecule has 1 aliphatic heterocycles. The number of aromatic nitrogens is 2. The van der Waals surface area contributed by atoms with Crippen LogP contribution in [0.15, 0.2) is 12.3 Å². The molecule has 0 aromatic carbocycles. The van der Waals surface area contributed by atoms with Crippen LogP contribution in [0.25, 0.3) is 0 Å². The first-order valence-electron chi connectivity index (χ1n) is 7.03. The molecule has 1 aromatic heterocycles. The highest BCUT2D eigenvalue weighted by Crippen LogP contribution is 2.20. The molecule has 0 saturated carbocycles. The minimum absolute atomic E-state index is 0.452. The van der Waals surface area contributed by atoms with Crippen molar-refractivity contribution >= 4 is 11.8 Å². The van der Waals surface area contributed by atoms with Crippen LogP contribution in [0.2, 0.25) is 0 Å². The van der Waals surface area contributed by atoms with Gasteiger partial charge in [0.1, 0.15) is 5.82 Å². The predicted octanol–water partition coefficient (Wildman–Crippen LogP) is 2.92. The minimum atomic E-state index is 0.452. The standard InChI is InChI=1S/C14H24N4/c1-4-12(3)16-13-7-8-15-14(17-13)18-9-5-6-11(2)10-18/h7-8,11-12H,4-6,9-10H2,1-3H3,(H,15,16,17). The van der Waals surface area contributed by atoms with Crippen LogP contribution >= 0.6 is 0 Å². The predicted molar refractivity (Wildman–Crippen MR) is 76.0 cm³/mol. The lowest BCUT2D eigenvalue weighted by atomic mass is 10.0. The van der Waals surface area contributed by atoms with Gasteiger partial charge in [0.2, 0.25) is 5.95 Å². The number of piperidine rings is 1. The Labute approximate surface area is 110 Å². The van der Waals surface area contributed by atoms with Crippen molar-refractivity contribution in [2.24, 2.45) is 5.92 Å². The average molecular weight is 248 g/mol. The summed E-state index contributed by atoms with van der Waals surface area (Å²) in [7, 11) is 0. The summed E-state index contributed by atoms with van der Waals surface area (Å²) in [4.78, 5) is 11.3. The van der Waals surface area contributed by atoms with Crippen LogP contribution in [-0.2, 0) is 0 Å². The Kier molecular flexibility index (Phi) is 4.39. The Morgan fingerprint density at radius 1 is 1.56 bits per heavy atom. The number of nitrogens with zero attached hydrogens (tertiary/aromatic N) is 3. The molecule has 1 saturated heterocycles. The maximum absolute atomic E-state index is 4.62. The van der Waals surface area contributed by atoms with Gasteiger partial charge >= 0.3 is 0 Å². The van der Waals surface area contributed by atoms with E-state index in [9.17, 15) is 0 Å². The van der Waals surface area contributed by atoms with Gasteiger partial charge in [0, 0.05) is 25.3 Å². The van der Waals surface area contributed by atoms with E-state index in [2.05, 4.69) is 41.0 Å². The second kappa shape index (κ2) is 6.03. The van der Waals surface area contributed by atoms with Crippen LogP contribution in [0, 0.1) is 5.92 Å². The number of hydrogen-bond donors (Lipinski definition) is 1. The van der Waals surface area contributed by atoms with E-state index < -0.39 is 0 Å². The molecule has 100 valence electrons. The zero-order chi connectivity index (χ0) is 13.0. The van der Waals surface area contributed by atoms with E-state index in [0.29, 0.717) is 6.04 Å². The summed E-state index contributed by atoms with van der Waals surface area (Å²) in [6.07, 6.45) is 5.52. The van der Waals surface area contributed by atoms with Crippen molar-refractivity contribution in [2.45, 2.75) is 46.1 Å². The van der Waals surface area contributed by atoms with Crippen molar-refractivity contribution in [1.82, 2.24) is 9.97 Å². The summed E-state index contributed by atoms with van der Waals surface area (Å²) in [5.41, 5.74) is 0. The normalized spacial score (nSPS) is 21.7. The maximum atomic E-state index is 4.62. The molecule has 18 heavy (non-hydrogen) atoms. The summed E-state index contributed by atoms with van der Waals surface area (Å²) in [6.45, 7) is 8.80. The van der Waals surface area contributed by atoms with Gasteiger partial charge < -0.3 is 10.2 Å². The molecule has 2 heterocycles. The summed E-state index contributed by atoms with van der Waals surface area (Å²) in [6, 6.07) is 2.40. The molecule has 2 unspecified atom stereocenters. The van der Waals surface area contributed by atoms with E-state index in [4.69, 9.17) is 0 Å². The highest BCUT2D eigenvalue weighted by molar-refractivity contribution is 5.42. The fourth-order valence-corrected chi connectivity index (χ4v) is 2.31. The Morgan fingerprint density at radius 2 is 2.39 bits per heavy atom. The van der Waals surface area contributed by atoms with Crippen molar-refractivity contribution in [2.75, 3.05) is 23.3 Å². The molecule has 0 radical (unpaired) electrons. The Bertz CT molecular complexity index is 380. The van der Waals surface area contributed by atoms with E-state index in [1.165, 1.54) is 12.8 Å². The van der Waals surface area contributed by atoms with Crippen molar-refractivity contribution in [3.05, 3.63) is 12.3 Å². The van der Waals surface area contributed by atoms with Crippen molar-refractivity contribution in [3.8, 4) is 0 Å². The Hall–Kier alpha value is -1.32. The zero-order valence-corrected chi connectivity index (χ0v) is 11.7. The molecular formula is C14H24N4. The van der Waals surface area contributed by atoms with Gasteiger partial charge in [-0.1, -0.05) is 13.8 Å². The van der Waals surface area contributed by atoms with Crippen LogP contribution < -0.4 is 10.2 Å². The number of nitrogens with one attached hydrogen (secondary N) is 1. The number of hydrogen-bond acceptors (Lipinski definition) is 4. The summed E-state index contributed by atoms with van der Waals surface area (Å²) in [5, 5.41) is 3.40. The minimum Gasteiger partial charge on any atom is -0.367 e. The molecule has 1 N–H and O–H groups in total. The topological polar surface area (TPSA) is 41.1 Å². The smallest absolute Gasteiger partial charge is 0.227 e. The average Bonchev–Trinajstić information content (AvgIpc) is 2.39. The molecule has 4 nitrogen and oxygen atoms in total. The second-order valence-electron chi connectivity index (χ2n) is 5.39. The number of rotatable bonds is 4. The van der Waals surface area contributed by atoms with Crippen molar-refractivity contribution in [1.29, 1.82) is 0 Å². The van der Waals surface area contributed by atoms with Gasteiger partial charge in [0.05, 0.1) is 0 Å². The molecular weight excluding hydrogens is 224 g/mol. The van der Waals surface area contributed by atoms with Crippen LogP contribution in [0.1, 0.15) is 40.0 Å². The third-order valence-corrected chi connectivity index (χ3v) is 3.59. The molecule has 0 bridgehead atoms. The molecule has 0 aliphatic carbocycles. The SMILES string of the molecule is CCC(C)Nc1ccnc(N2CCCC(C)C2)n1. The fraction of sp³-hybridized carbons (Fsp3) is 0.714. The van der Waals surface area contributed by atoms with E-state index in [-0.39, 0.29) is 0 Å². The van der Waals surface area contributed by atoms with E-state index in [0.717, 1.165) is 37.2 Å². The molecule has 0 spiro atoms. The number of anilines is 2. The highest BCUT2D eigenvalue weighted by Gasteiger charge is 2.18. The van der Waals surface area contributed by atoms with E-state index in [1.807, 2.05) is 12.3 Å². The Balaban J connectivity index is 2.06. The Morgan fingerprint density at radius 3 is 3.11 bits per heavy atom. The van der Waals surface area contributed by atoms with Gasteiger partial charge in [-0.3, -0.25) is 0 Å². The van der Waals surface area contributed by atoms with Gasteiger partial charge in [0.25, 0.3) is 0 Å². The van der Waals surface area contributed by atoms with Gasteiger partial charge in [-0.2, -0.15) is 4.98 Å². The third kappa shape index (κ3) is 3.34. The van der Waals surface area contributed by atoms with E-state index in [1.54, 1.807) is 0 Å². The second-order valence-corrected chi connectivity index (χ2v) is 5.39. The largest absolute Gasteiger partial charge is 0.367 e. The van der Waals surface area contributed by atoms with Crippen molar-refractivity contribution < 1.29 is 0 Å². The molecule has 2 rings (SSSR count). The first-order chi connectivity index (χ1) is 8.69. The van der Waals surface area contributed by atoms with Crippen LogP contribution in [-0.4, -0.2) is 29.1 Å². The lowest BCUT2D eigenvalue weighted by molar-refractivity contribution is 0.442. The molecule has 1 aliphatic rings. The van der Waals surface area contributed by atoms with Crippen LogP contribution in [0.5, 0.6) is 0 Å². The molecule has 1 aromatic rings. The molecule has 4 heteroatoms. The fourth-order valence-electron chi connectivity index (χ4n) is 2.31. The lowest BCUT2D eigenvalue weighted by Gasteiger charge is -2.31. The lowest BCUT2D eigenvalue weighted by Crippen LogP contribution is -2.35. The maximum Gasteiger partial charge on any atom is 0.227 e. The molecule has 1 fully saturated rings. The van der Waals surface area contributed by atoms with Crippen molar-refractivity contribution in [3.63, 3.8) is 0 Å². The van der Waals surface area contributed by atoms with Gasteiger partial charge in [-0.15, -0.1) is 0 Å². The third-order valence-electron chi connectivity index (χ3n) is 3.59. The summed E-state index contributed by atoms with van der Waals surface area (Å²) < 4.78 is 0. The summed E-state index contributed by atoms with van der Waals surface area (Å²) in [5.74, 6) is 2.55. The molecule has 2 atom stereocenters. The first kappa shape index (κ1) is 13.1. The first-order valence-corrected chi connectivity index (χ1v) is 7.03. The van der Waals surface area contributed by atoms with Gasteiger partial charge in [-0.05, 0) is 38.2 Å². The van der Waals surface area contributed by atoms with Gasteiger partial charge in [0.15, 0.2) is 0 Å². The quantitative estimate of drug-likeness (QED) is 0.889. The van der Waals surface area contributed by atoms with E-state index >= 15 is 0 Å². The monoisotopic (exact) mass is 248 g/mol.